The zero-order valence-corrected chi connectivity index (χ0v) is 9.43. The molecule has 3 rings (SSSR count). The molecule has 0 aromatic heterocycles. The van der Waals surface area contributed by atoms with E-state index >= 15 is 0 Å². The van der Waals surface area contributed by atoms with E-state index in [9.17, 15) is 5.11 Å². The smallest absolute Gasteiger partial charge is 0.125 e. The summed E-state index contributed by atoms with van der Waals surface area (Å²) in [5.41, 5.74) is 0.955. The van der Waals surface area contributed by atoms with E-state index in [0.29, 0.717) is 5.92 Å². The van der Waals surface area contributed by atoms with Crippen molar-refractivity contribution in [2.24, 2.45) is 5.92 Å². The number of hydrogen-bond acceptors (Lipinski definition) is 2. The van der Waals surface area contributed by atoms with Crippen LogP contribution < -0.4 is 4.74 Å². The van der Waals surface area contributed by atoms with Gasteiger partial charge < -0.3 is 9.84 Å². The number of para-hydroxylation sites is 1. The molecule has 0 saturated heterocycles. The molecular formula is C14H18O2. The van der Waals surface area contributed by atoms with Gasteiger partial charge in [0.25, 0.3) is 0 Å². The summed E-state index contributed by atoms with van der Waals surface area (Å²) >= 11 is 0. The monoisotopic (exact) mass is 218 g/mol. The maximum atomic E-state index is 10.1. The van der Waals surface area contributed by atoms with Crippen molar-refractivity contribution in [3.63, 3.8) is 0 Å². The fourth-order valence-corrected chi connectivity index (χ4v) is 3.04. The highest BCUT2D eigenvalue weighted by Crippen LogP contribution is 2.40. The molecule has 86 valence electrons. The normalized spacial score (nSPS) is 29.8. The summed E-state index contributed by atoms with van der Waals surface area (Å²) < 4.78 is 6.03. The van der Waals surface area contributed by atoms with Crippen LogP contribution in [0, 0.1) is 5.92 Å². The Morgan fingerprint density at radius 2 is 1.88 bits per heavy atom. The van der Waals surface area contributed by atoms with E-state index < -0.39 is 0 Å². The van der Waals surface area contributed by atoms with Gasteiger partial charge in [-0.2, -0.15) is 0 Å². The quantitative estimate of drug-likeness (QED) is 0.785. The lowest BCUT2D eigenvalue weighted by atomic mass is 9.90. The van der Waals surface area contributed by atoms with Crippen molar-refractivity contribution >= 4 is 0 Å². The Kier molecular flexibility index (Phi) is 2.60. The van der Waals surface area contributed by atoms with Crippen LogP contribution in [0.5, 0.6) is 5.75 Å². The SMILES string of the molecule is O[C@H]1CC(C2CCCC2)Oc2ccccc21. The Labute approximate surface area is 96.2 Å². The number of fused-ring (bicyclic) bond motifs is 1. The van der Waals surface area contributed by atoms with Crippen molar-refractivity contribution in [1.82, 2.24) is 0 Å². The van der Waals surface area contributed by atoms with Crippen LogP contribution in [0.15, 0.2) is 24.3 Å². The van der Waals surface area contributed by atoms with Gasteiger partial charge in [-0.25, -0.2) is 0 Å². The third kappa shape index (κ3) is 1.71. The lowest BCUT2D eigenvalue weighted by molar-refractivity contribution is 0.0356. The first-order valence-electron chi connectivity index (χ1n) is 6.28. The summed E-state index contributed by atoms with van der Waals surface area (Å²) in [6.45, 7) is 0. The van der Waals surface area contributed by atoms with Gasteiger partial charge >= 0.3 is 0 Å². The fraction of sp³-hybridized carbons (Fsp3) is 0.571. The third-order valence-electron chi connectivity index (χ3n) is 3.94. The molecule has 0 bridgehead atoms. The Bertz CT molecular complexity index is 369. The largest absolute Gasteiger partial charge is 0.490 e. The molecule has 2 aliphatic rings. The van der Waals surface area contributed by atoms with Crippen LogP contribution in [0.2, 0.25) is 0 Å². The molecule has 0 radical (unpaired) electrons. The minimum absolute atomic E-state index is 0.229. The molecule has 16 heavy (non-hydrogen) atoms. The average Bonchev–Trinajstić information content (AvgIpc) is 2.82. The lowest BCUT2D eigenvalue weighted by Crippen LogP contribution is -2.31. The van der Waals surface area contributed by atoms with Crippen LogP contribution in [-0.2, 0) is 0 Å². The molecule has 1 heterocycles. The molecule has 1 aliphatic carbocycles. The maximum Gasteiger partial charge on any atom is 0.125 e. The molecule has 1 unspecified atom stereocenters. The van der Waals surface area contributed by atoms with Gasteiger partial charge in [-0.05, 0) is 24.8 Å². The number of hydrogen-bond donors (Lipinski definition) is 1. The molecule has 1 aromatic rings. The van der Waals surface area contributed by atoms with Crippen molar-refractivity contribution in [2.75, 3.05) is 0 Å². The first-order chi connectivity index (χ1) is 7.84. The molecule has 2 atom stereocenters. The molecule has 1 aliphatic heterocycles. The van der Waals surface area contributed by atoms with Crippen molar-refractivity contribution in [1.29, 1.82) is 0 Å². The first-order valence-corrected chi connectivity index (χ1v) is 6.28. The van der Waals surface area contributed by atoms with Gasteiger partial charge in [-0.15, -0.1) is 0 Å². The second-order valence-electron chi connectivity index (χ2n) is 4.99. The molecule has 1 N–H and O–H groups in total. The van der Waals surface area contributed by atoms with Crippen LogP contribution >= 0.6 is 0 Å². The molecule has 2 heteroatoms. The zero-order chi connectivity index (χ0) is 11.0. The summed E-state index contributed by atoms with van der Waals surface area (Å²) in [6, 6.07) is 7.87. The molecule has 1 aromatic carbocycles. The van der Waals surface area contributed by atoms with Gasteiger partial charge in [0.05, 0.1) is 6.10 Å². The molecule has 1 fully saturated rings. The van der Waals surface area contributed by atoms with E-state index in [1.54, 1.807) is 0 Å². The summed E-state index contributed by atoms with van der Waals surface area (Å²) in [4.78, 5) is 0. The highest BCUT2D eigenvalue weighted by atomic mass is 16.5. The van der Waals surface area contributed by atoms with Gasteiger partial charge in [0.2, 0.25) is 0 Å². The number of aliphatic hydroxyl groups excluding tert-OH is 1. The molecule has 1 saturated carbocycles. The highest BCUT2D eigenvalue weighted by Gasteiger charge is 2.33. The first kappa shape index (κ1) is 10.2. The highest BCUT2D eigenvalue weighted by molar-refractivity contribution is 5.37. The zero-order valence-electron chi connectivity index (χ0n) is 9.43. The number of rotatable bonds is 1. The Hall–Kier alpha value is -1.02. The van der Waals surface area contributed by atoms with Crippen LogP contribution in [0.3, 0.4) is 0 Å². The second kappa shape index (κ2) is 4.10. The van der Waals surface area contributed by atoms with Gasteiger partial charge in [0.15, 0.2) is 0 Å². The Morgan fingerprint density at radius 1 is 1.12 bits per heavy atom. The summed E-state index contributed by atoms with van der Waals surface area (Å²) in [5.74, 6) is 1.54. The van der Waals surface area contributed by atoms with E-state index in [2.05, 4.69) is 0 Å². The fourth-order valence-electron chi connectivity index (χ4n) is 3.04. The summed E-state index contributed by atoms with van der Waals surface area (Å²) in [5, 5.41) is 10.1. The van der Waals surface area contributed by atoms with E-state index in [-0.39, 0.29) is 12.2 Å². The lowest BCUT2D eigenvalue weighted by Gasteiger charge is -2.33. The van der Waals surface area contributed by atoms with E-state index in [1.165, 1.54) is 25.7 Å². The van der Waals surface area contributed by atoms with E-state index in [4.69, 9.17) is 4.74 Å². The van der Waals surface area contributed by atoms with Gasteiger partial charge in [0.1, 0.15) is 11.9 Å². The topological polar surface area (TPSA) is 29.5 Å². The van der Waals surface area contributed by atoms with Gasteiger partial charge in [0, 0.05) is 12.0 Å². The van der Waals surface area contributed by atoms with Crippen LogP contribution in [0.1, 0.15) is 43.8 Å². The number of ether oxygens (including phenoxy) is 1. The van der Waals surface area contributed by atoms with Gasteiger partial charge in [-0.1, -0.05) is 31.0 Å². The maximum absolute atomic E-state index is 10.1. The van der Waals surface area contributed by atoms with Crippen LogP contribution in [0.25, 0.3) is 0 Å². The molecule has 0 amide bonds. The summed E-state index contributed by atoms with van der Waals surface area (Å²) in [7, 11) is 0. The number of benzene rings is 1. The predicted octanol–water partition coefficient (Wildman–Crippen LogP) is 3.06. The third-order valence-corrected chi connectivity index (χ3v) is 3.94. The minimum atomic E-state index is -0.337. The van der Waals surface area contributed by atoms with Crippen LogP contribution in [0.4, 0.5) is 0 Å². The standard InChI is InChI=1S/C14H18O2/c15-12-9-14(10-5-1-2-6-10)16-13-8-4-3-7-11(12)13/h3-4,7-8,10,12,14-15H,1-2,5-6,9H2/t12-,14?/m0/s1. The Balaban J connectivity index is 1.83. The predicted molar refractivity (Wildman–Crippen MR) is 62.4 cm³/mol. The average molecular weight is 218 g/mol. The second-order valence-corrected chi connectivity index (χ2v) is 4.99. The van der Waals surface area contributed by atoms with Crippen molar-refractivity contribution in [3.05, 3.63) is 29.8 Å². The van der Waals surface area contributed by atoms with E-state index in [1.807, 2.05) is 24.3 Å². The van der Waals surface area contributed by atoms with Crippen molar-refractivity contribution in [2.45, 2.75) is 44.3 Å². The molecular weight excluding hydrogens is 200 g/mol. The van der Waals surface area contributed by atoms with Crippen molar-refractivity contribution in [3.8, 4) is 5.75 Å². The van der Waals surface area contributed by atoms with Crippen molar-refractivity contribution < 1.29 is 9.84 Å². The van der Waals surface area contributed by atoms with E-state index in [0.717, 1.165) is 17.7 Å². The summed E-state index contributed by atoms with van der Waals surface area (Å²) in [6.07, 6.45) is 5.83. The molecule has 0 spiro atoms. The molecule has 2 nitrogen and oxygen atoms in total. The number of aliphatic hydroxyl groups is 1. The minimum Gasteiger partial charge on any atom is -0.490 e. The van der Waals surface area contributed by atoms with Gasteiger partial charge in [-0.3, -0.25) is 0 Å². The van der Waals surface area contributed by atoms with Crippen LogP contribution in [-0.4, -0.2) is 11.2 Å². The Morgan fingerprint density at radius 3 is 2.69 bits per heavy atom.